The molecule has 0 bridgehead atoms. The van der Waals surface area contributed by atoms with E-state index in [0.29, 0.717) is 0 Å². The first-order chi connectivity index (χ1) is 9.17. The predicted molar refractivity (Wildman–Crippen MR) is 80.6 cm³/mol. The number of nitrogens with zero attached hydrogens (tertiary/aromatic N) is 2. The maximum atomic E-state index is 5.71. The number of thiazole rings is 1. The van der Waals surface area contributed by atoms with E-state index in [9.17, 15) is 0 Å². The Kier molecular flexibility index (Phi) is 3.40. The molecular formula is C13H16N4S2. The van der Waals surface area contributed by atoms with Crippen molar-refractivity contribution in [3.05, 3.63) is 44.9 Å². The van der Waals surface area contributed by atoms with Crippen molar-refractivity contribution in [3.63, 3.8) is 0 Å². The lowest BCUT2D eigenvalue weighted by Crippen LogP contribution is -2.29. The van der Waals surface area contributed by atoms with Crippen LogP contribution < -0.4 is 11.3 Å². The number of aryl methyl sites for hydroxylation is 2. The molecule has 0 radical (unpaired) electrons. The molecule has 100 valence electrons. The van der Waals surface area contributed by atoms with Gasteiger partial charge >= 0.3 is 0 Å². The summed E-state index contributed by atoms with van der Waals surface area (Å²) in [4.78, 5) is 8.26. The molecule has 0 saturated carbocycles. The molecule has 0 aliphatic carbocycles. The van der Waals surface area contributed by atoms with Crippen LogP contribution in [0.4, 0.5) is 0 Å². The zero-order chi connectivity index (χ0) is 13.4. The first-order valence-corrected chi connectivity index (χ1v) is 7.81. The monoisotopic (exact) mass is 292 g/mol. The fourth-order valence-corrected chi connectivity index (χ4v) is 3.92. The molecule has 1 atom stereocenters. The van der Waals surface area contributed by atoms with Crippen LogP contribution in [0.25, 0.3) is 4.96 Å². The zero-order valence-corrected chi connectivity index (χ0v) is 12.5. The summed E-state index contributed by atoms with van der Waals surface area (Å²) in [5.41, 5.74) is 5.30. The van der Waals surface area contributed by atoms with E-state index in [4.69, 9.17) is 5.84 Å². The minimum absolute atomic E-state index is 0.127. The summed E-state index contributed by atoms with van der Waals surface area (Å²) >= 11 is 3.45. The van der Waals surface area contributed by atoms with E-state index in [2.05, 4.69) is 40.9 Å². The van der Waals surface area contributed by atoms with Gasteiger partial charge in [0.2, 0.25) is 0 Å². The second-order valence-corrected chi connectivity index (χ2v) is 6.80. The van der Waals surface area contributed by atoms with Gasteiger partial charge in [0.15, 0.2) is 4.96 Å². The van der Waals surface area contributed by atoms with Crippen molar-refractivity contribution >= 4 is 27.6 Å². The van der Waals surface area contributed by atoms with Gasteiger partial charge in [-0.3, -0.25) is 15.7 Å². The normalized spacial score (nSPS) is 13.2. The fourth-order valence-electron chi connectivity index (χ4n) is 2.10. The number of imidazole rings is 1. The standard InChI is InChI=1S/C13H16N4S2/c1-8-5-12(19-9(8)2)11(16-14)6-10-7-17-3-4-18-13(17)15-10/h3-5,7,11,16H,6,14H2,1-2H3. The van der Waals surface area contributed by atoms with Crippen molar-refractivity contribution in [2.75, 3.05) is 0 Å². The smallest absolute Gasteiger partial charge is 0.193 e. The van der Waals surface area contributed by atoms with E-state index in [1.807, 2.05) is 11.6 Å². The third kappa shape index (κ3) is 2.44. The Balaban J connectivity index is 1.84. The van der Waals surface area contributed by atoms with Gasteiger partial charge in [-0.25, -0.2) is 4.98 Å². The molecule has 4 nitrogen and oxygen atoms in total. The second-order valence-electron chi connectivity index (χ2n) is 4.64. The summed E-state index contributed by atoms with van der Waals surface area (Å²) in [6.07, 6.45) is 4.91. The first kappa shape index (κ1) is 12.8. The molecule has 0 fully saturated rings. The molecular weight excluding hydrogens is 276 g/mol. The number of nitrogens with one attached hydrogen (secondary N) is 1. The number of fused-ring (bicyclic) bond motifs is 1. The molecule has 6 heteroatoms. The van der Waals surface area contributed by atoms with Crippen LogP contribution in [-0.2, 0) is 6.42 Å². The van der Waals surface area contributed by atoms with Gasteiger partial charge in [-0.1, -0.05) is 0 Å². The molecule has 3 aromatic rings. The van der Waals surface area contributed by atoms with Crippen molar-refractivity contribution in [1.82, 2.24) is 14.8 Å². The Morgan fingerprint density at radius 1 is 1.47 bits per heavy atom. The minimum Gasteiger partial charge on any atom is -0.297 e. The van der Waals surface area contributed by atoms with Crippen LogP contribution in [0.15, 0.2) is 23.8 Å². The van der Waals surface area contributed by atoms with Gasteiger partial charge in [0.25, 0.3) is 0 Å². The third-order valence-electron chi connectivity index (χ3n) is 3.29. The highest BCUT2D eigenvalue weighted by Crippen LogP contribution is 2.28. The Hall–Kier alpha value is -1.21. The van der Waals surface area contributed by atoms with Gasteiger partial charge in [0.1, 0.15) is 0 Å². The van der Waals surface area contributed by atoms with E-state index in [1.165, 1.54) is 15.3 Å². The van der Waals surface area contributed by atoms with Crippen molar-refractivity contribution in [2.45, 2.75) is 26.3 Å². The number of hydrogen-bond acceptors (Lipinski definition) is 5. The lowest BCUT2D eigenvalue weighted by Gasteiger charge is -2.12. The molecule has 3 aromatic heterocycles. The third-order valence-corrected chi connectivity index (χ3v) is 5.32. The Labute approximate surface area is 119 Å². The van der Waals surface area contributed by atoms with Crippen LogP contribution in [0, 0.1) is 13.8 Å². The van der Waals surface area contributed by atoms with Crippen LogP contribution >= 0.6 is 22.7 Å². The van der Waals surface area contributed by atoms with Gasteiger partial charge in [-0.05, 0) is 25.5 Å². The molecule has 3 rings (SSSR count). The van der Waals surface area contributed by atoms with E-state index < -0.39 is 0 Å². The Morgan fingerprint density at radius 2 is 2.32 bits per heavy atom. The first-order valence-electron chi connectivity index (χ1n) is 6.11. The molecule has 0 aliphatic heterocycles. The SMILES string of the molecule is Cc1cc(C(Cc2cn3ccsc3n2)NN)sc1C. The van der Waals surface area contributed by atoms with Gasteiger partial charge in [0, 0.05) is 33.9 Å². The van der Waals surface area contributed by atoms with Gasteiger partial charge < -0.3 is 0 Å². The molecule has 19 heavy (non-hydrogen) atoms. The van der Waals surface area contributed by atoms with Crippen LogP contribution in [0.2, 0.25) is 0 Å². The van der Waals surface area contributed by atoms with E-state index >= 15 is 0 Å². The predicted octanol–water partition coefficient (Wildman–Crippen LogP) is 2.82. The number of thiophene rings is 1. The Morgan fingerprint density at radius 3 is 2.95 bits per heavy atom. The molecule has 0 amide bonds. The fraction of sp³-hybridized carbons (Fsp3) is 0.308. The average Bonchev–Trinajstić information content (AvgIpc) is 3.02. The molecule has 0 aromatic carbocycles. The summed E-state index contributed by atoms with van der Waals surface area (Å²) in [6.45, 7) is 4.28. The summed E-state index contributed by atoms with van der Waals surface area (Å²) in [5, 5.41) is 2.04. The molecule has 0 aliphatic rings. The van der Waals surface area contributed by atoms with Crippen LogP contribution in [0.1, 0.15) is 27.1 Å². The lowest BCUT2D eigenvalue weighted by molar-refractivity contribution is 0.555. The van der Waals surface area contributed by atoms with E-state index in [-0.39, 0.29) is 6.04 Å². The van der Waals surface area contributed by atoms with Gasteiger partial charge in [0.05, 0.1) is 11.7 Å². The highest BCUT2D eigenvalue weighted by molar-refractivity contribution is 7.15. The highest BCUT2D eigenvalue weighted by Gasteiger charge is 2.16. The number of rotatable bonds is 4. The summed E-state index contributed by atoms with van der Waals surface area (Å²) in [6, 6.07) is 2.34. The number of nitrogens with two attached hydrogens (primary N) is 1. The number of hydrazine groups is 1. The van der Waals surface area contributed by atoms with Crippen LogP contribution in [0.5, 0.6) is 0 Å². The van der Waals surface area contributed by atoms with Crippen molar-refractivity contribution < 1.29 is 0 Å². The minimum atomic E-state index is 0.127. The number of hydrogen-bond donors (Lipinski definition) is 2. The Bertz CT molecular complexity index is 646. The summed E-state index contributed by atoms with van der Waals surface area (Å²) in [5.74, 6) is 5.71. The maximum Gasteiger partial charge on any atom is 0.193 e. The molecule has 0 spiro atoms. The van der Waals surface area contributed by atoms with Crippen LogP contribution in [0.3, 0.4) is 0 Å². The van der Waals surface area contributed by atoms with Crippen molar-refractivity contribution in [1.29, 1.82) is 0 Å². The maximum absolute atomic E-state index is 5.71. The van der Waals surface area contributed by atoms with Gasteiger partial charge in [-0.2, -0.15) is 0 Å². The summed E-state index contributed by atoms with van der Waals surface area (Å²) in [7, 11) is 0. The highest BCUT2D eigenvalue weighted by atomic mass is 32.1. The van der Waals surface area contributed by atoms with E-state index in [0.717, 1.165) is 17.1 Å². The average molecular weight is 292 g/mol. The van der Waals surface area contributed by atoms with Crippen molar-refractivity contribution in [2.24, 2.45) is 5.84 Å². The topological polar surface area (TPSA) is 55.3 Å². The second kappa shape index (κ2) is 5.05. The van der Waals surface area contributed by atoms with Crippen molar-refractivity contribution in [3.8, 4) is 0 Å². The molecule has 1 unspecified atom stereocenters. The lowest BCUT2D eigenvalue weighted by atomic mass is 10.1. The quantitative estimate of drug-likeness (QED) is 0.574. The zero-order valence-electron chi connectivity index (χ0n) is 10.9. The largest absolute Gasteiger partial charge is 0.297 e. The molecule has 0 saturated heterocycles. The summed E-state index contributed by atoms with van der Waals surface area (Å²) < 4.78 is 2.05. The molecule has 3 heterocycles. The molecule has 3 N–H and O–H groups in total. The van der Waals surface area contributed by atoms with Crippen LogP contribution in [-0.4, -0.2) is 9.38 Å². The van der Waals surface area contributed by atoms with Gasteiger partial charge in [-0.15, -0.1) is 22.7 Å². The van der Waals surface area contributed by atoms with E-state index in [1.54, 1.807) is 22.7 Å². The number of aromatic nitrogens is 2.